The first-order valence-electron chi connectivity index (χ1n) is 8.46. The average molecular weight is 389 g/mol. The number of carbonyl (C=O) groups excluding carboxylic acids is 1. The number of nitrogens with one attached hydrogen (secondary N) is 2. The number of fused-ring (bicyclic) bond motifs is 1. The van der Waals surface area contributed by atoms with Gasteiger partial charge in [0.25, 0.3) is 10.0 Å². The smallest absolute Gasteiger partial charge is 0.263 e. The number of halogens is 1. The van der Waals surface area contributed by atoms with Crippen molar-refractivity contribution < 1.29 is 17.6 Å². The van der Waals surface area contributed by atoms with Crippen LogP contribution in [0.2, 0.25) is 0 Å². The molecule has 2 aromatic rings. The number of hydrogen-bond donors (Lipinski definition) is 2. The Morgan fingerprint density at radius 1 is 1.19 bits per heavy atom. The summed E-state index contributed by atoms with van der Waals surface area (Å²) in [5, 5.41) is 2.54. The normalized spacial score (nSPS) is 17.4. The molecular weight excluding hydrogens is 369 g/mol. The van der Waals surface area contributed by atoms with E-state index in [1.807, 2.05) is 0 Å². The molecule has 142 valence electrons. The van der Waals surface area contributed by atoms with Crippen molar-refractivity contribution in [3.05, 3.63) is 59.4 Å². The van der Waals surface area contributed by atoms with Crippen molar-refractivity contribution in [2.75, 3.05) is 5.32 Å². The summed E-state index contributed by atoms with van der Waals surface area (Å²) in [6.45, 7) is 5.32. The average Bonchev–Trinajstić information content (AvgIpc) is 2.86. The standard InChI is InChI=1S/C19H20FN3O3S/c1-11(2)17(19(24)21-15-9-8-12(3)10-14(15)20)22-18-13-6-4-5-7-16(13)27(25,26)23-18/h4-11,17H,1-3H3,(H,21,24)(H,22,23). The molecule has 2 aromatic carbocycles. The number of hydrogen-bond acceptors (Lipinski definition) is 4. The van der Waals surface area contributed by atoms with Crippen molar-refractivity contribution in [3.63, 3.8) is 0 Å². The van der Waals surface area contributed by atoms with Crippen LogP contribution < -0.4 is 10.0 Å². The zero-order valence-electron chi connectivity index (χ0n) is 15.2. The van der Waals surface area contributed by atoms with Gasteiger partial charge in [-0.2, -0.15) is 0 Å². The Hall–Kier alpha value is -2.74. The molecule has 0 fully saturated rings. The van der Waals surface area contributed by atoms with Crippen LogP contribution in [-0.4, -0.2) is 26.2 Å². The van der Waals surface area contributed by atoms with E-state index in [9.17, 15) is 17.6 Å². The number of rotatable bonds is 4. The van der Waals surface area contributed by atoms with Crippen LogP contribution in [0.25, 0.3) is 0 Å². The molecule has 2 N–H and O–H groups in total. The lowest BCUT2D eigenvalue weighted by molar-refractivity contribution is -0.118. The van der Waals surface area contributed by atoms with Gasteiger partial charge < -0.3 is 5.32 Å². The van der Waals surface area contributed by atoms with Crippen molar-refractivity contribution in [1.82, 2.24) is 4.72 Å². The summed E-state index contributed by atoms with van der Waals surface area (Å²) in [6.07, 6.45) is 0. The quantitative estimate of drug-likeness (QED) is 0.843. The Kier molecular flexibility index (Phi) is 5.01. The van der Waals surface area contributed by atoms with Crippen molar-refractivity contribution in [2.24, 2.45) is 10.9 Å². The van der Waals surface area contributed by atoms with Crippen molar-refractivity contribution in [1.29, 1.82) is 0 Å². The van der Waals surface area contributed by atoms with Crippen molar-refractivity contribution in [2.45, 2.75) is 31.7 Å². The van der Waals surface area contributed by atoms with Crippen molar-refractivity contribution >= 4 is 27.5 Å². The van der Waals surface area contributed by atoms with E-state index in [2.05, 4.69) is 15.0 Å². The molecule has 1 aliphatic rings. The monoisotopic (exact) mass is 389 g/mol. The van der Waals surface area contributed by atoms with E-state index in [4.69, 9.17) is 0 Å². The molecule has 1 atom stereocenters. The molecule has 0 radical (unpaired) electrons. The highest BCUT2D eigenvalue weighted by Crippen LogP contribution is 2.24. The second kappa shape index (κ2) is 7.11. The van der Waals surface area contributed by atoms with E-state index in [-0.39, 0.29) is 22.3 Å². The molecule has 8 heteroatoms. The van der Waals surface area contributed by atoms with Gasteiger partial charge in [0.05, 0.1) is 10.6 Å². The molecule has 0 saturated carbocycles. The Bertz CT molecular complexity index is 1030. The zero-order chi connectivity index (χ0) is 19.8. The first kappa shape index (κ1) is 19.0. The maximum atomic E-state index is 14.0. The van der Waals surface area contributed by atoms with Crippen LogP contribution in [0, 0.1) is 18.7 Å². The predicted octanol–water partition coefficient (Wildman–Crippen LogP) is 2.84. The molecule has 3 rings (SSSR count). The number of sulfonamides is 1. The van der Waals surface area contributed by atoms with E-state index >= 15 is 0 Å². The van der Waals surface area contributed by atoms with Gasteiger partial charge in [-0.05, 0) is 42.7 Å². The highest BCUT2D eigenvalue weighted by Gasteiger charge is 2.32. The first-order valence-corrected chi connectivity index (χ1v) is 9.94. The lowest BCUT2D eigenvalue weighted by atomic mass is 10.0. The predicted molar refractivity (Wildman–Crippen MR) is 102 cm³/mol. The van der Waals surface area contributed by atoms with E-state index in [0.717, 1.165) is 5.56 Å². The van der Waals surface area contributed by atoms with Crippen LogP contribution in [-0.2, 0) is 14.8 Å². The molecule has 1 aliphatic heterocycles. The van der Waals surface area contributed by atoms with E-state index in [1.165, 1.54) is 18.2 Å². The number of amidine groups is 1. The topological polar surface area (TPSA) is 87.6 Å². The third kappa shape index (κ3) is 3.85. The summed E-state index contributed by atoms with van der Waals surface area (Å²) < 4.78 is 40.8. The van der Waals surface area contributed by atoms with Crippen LogP contribution in [0.5, 0.6) is 0 Å². The maximum absolute atomic E-state index is 14.0. The fourth-order valence-electron chi connectivity index (χ4n) is 2.81. The summed E-state index contributed by atoms with van der Waals surface area (Å²) in [5.74, 6) is -1.17. The minimum atomic E-state index is -3.69. The van der Waals surface area contributed by atoms with Crippen LogP contribution >= 0.6 is 0 Å². The van der Waals surface area contributed by atoms with Gasteiger partial charge in [-0.3, -0.25) is 14.5 Å². The van der Waals surface area contributed by atoms with E-state index in [1.54, 1.807) is 45.0 Å². The molecule has 0 aromatic heterocycles. The third-order valence-corrected chi connectivity index (χ3v) is 5.61. The highest BCUT2D eigenvalue weighted by molar-refractivity contribution is 7.90. The molecule has 1 unspecified atom stereocenters. The third-order valence-electron chi connectivity index (χ3n) is 4.21. The Balaban J connectivity index is 1.93. The maximum Gasteiger partial charge on any atom is 0.263 e. The van der Waals surface area contributed by atoms with Gasteiger partial charge in [-0.25, -0.2) is 12.8 Å². The van der Waals surface area contributed by atoms with Crippen LogP contribution in [0.15, 0.2) is 52.4 Å². The molecule has 27 heavy (non-hydrogen) atoms. The minimum Gasteiger partial charge on any atom is -0.322 e. The van der Waals surface area contributed by atoms with Gasteiger partial charge in [-0.1, -0.05) is 32.0 Å². The summed E-state index contributed by atoms with van der Waals surface area (Å²) >= 11 is 0. The molecule has 0 bridgehead atoms. The molecule has 0 aliphatic carbocycles. The van der Waals surface area contributed by atoms with Gasteiger partial charge in [0.2, 0.25) is 5.91 Å². The fraction of sp³-hybridized carbons (Fsp3) is 0.263. The first-order chi connectivity index (χ1) is 12.7. The zero-order valence-corrected chi connectivity index (χ0v) is 16.0. The minimum absolute atomic E-state index is 0.0591. The van der Waals surface area contributed by atoms with E-state index in [0.29, 0.717) is 5.56 Å². The summed E-state index contributed by atoms with van der Waals surface area (Å²) in [7, 11) is -3.69. The Labute approximate surface area is 157 Å². The second-order valence-corrected chi connectivity index (χ2v) is 8.39. The number of benzene rings is 2. The number of aryl methyl sites for hydroxylation is 1. The van der Waals surface area contributed by atoms with Gasteiger partial charge in [0.1, 0.15) is 17.7 Å². The molecule has 0 saturated heterocycles. The SMILES string of the molecule is Cc1ccc(NC(=O)C(N=C2NS(=O)(=O)c3ccccc32)C(C)C)c(F)c1. The van der Waals surface area contributed by atoms with Crippen molar-refractivity contribution in [3.8, 4) is 0 Å². The fourth-order valence-corrected chi connectivity index (χ4v) is 4.05. The highest BCUT2D eigenvalue weighted by atomic mass is 32.2. The number of nitrogens with zero attached hydrogens (tertiary/aromatic N) is 1. The number of anilines is 1. The van der Waals surface area contributed by atoms with Crippen LogP contribution in [0.1, 0.15) is 25.0 Å². The van der Waals surface area contributed by atoms with Crippen LogP contribution in [0.3, 0.4) is 0 Å². The molecule has 6 nitrogen and oxygen atoms in total. The molecule has 1 amide bonds. The van der Waals surface area contributed by atoms with Gasteiger partial charge in [0.15, 0.2) is 0 Å². The largest absolute Gasteiger partial charge is 0.322 e. The number of amides is 1. The Morgan fingerprint density at radius 3 is 2.56 bits per heavy atom. The second-order valence-electron chi connectivity index (χ2n) is 6.74. The summed E-state index contributed by atoms with van der Waals surface area (Å²) in [5.41, 5.74) is 1.21. The van der Waals surface area contributed by atoms with Gasteiger partial charge >= 0.3 is 0 Å². The summed E-state index contributed by atoms with van der Waals surface area (Å²) in [6, 6.07) is 10.0. The van der Waals surface area contributed by atoms with E-state index < -0.39 is 27.8 Å². The number of carbonyl (C=O) groups is 1. The summed E-state index contributed by atoms with van der Waals surface area (Å²) in [4.78, 5) is 17.2. The lowest BCUT2D eigenvalue weighted by Crippen LogP contribution is -2.34. The van der Waals surface area contributed by atoms with Gasteiger partial charge in [0, 0.05) is 5.56 Å². The molecule has 1 heterocycles. The lowest BCUT2D eigenvalue weighted by Gasteiger charge is -2.17. The van der Waals surface area contributed by atoms with Crippen LogP contribution in [0.4, 0.5) is 10.1 Å². The molecular formula is C19H20FN3O3S. The number of aliphatic imine (C=N–C) groups is 1. The Morgan fingerprint density at radius 2 is 1.89 bits per heavy atom. The van der Waals surface area contributed by atoms with Gasteiger partial charge in [-0.15, -0.1) is 0 Å². The molecule has 0 spiro atoms.